The van der Waals surface area contributed by atoms with Crippen molar-refractivity contribution in [2.45, 2.75) is 23.6 Å². The van der Waals surface area contributed by atoms with Gasteiger partial charge in [0.25, 0.3) is 0 Å². The lowest BCUT2D eigenvalue weighted by atomic mass is 10.1. The van der Waals surface area contributed by atoms with Crippen LogP contribution in [0, 0.1) is 5.92 Å². The Balaban J connectivity index is 1.24. The van der Waals surface area contributed by atoms with E-state index in [4.69, 9.17) is 0 Å². The van der Waals surface area contributed by atoms with Gasteiger partial charge in [-0.3, -0.25) is 9.59 Å². The third-order valence-electron chi connectivity index (χ3n) is 4.88. The first-order valence-electron chi connectivity index (χ1n) is 9.85. The molecule has 1 aliphatic heterocycles. The Hall–Kier alpha value is -2.71. The molecule has 8 heteroatoms. The van der Waals surface area contributed by atoms with Crippen LogP contribution in [0.15, 0.2) is 65.0 Å². The maximum Gasteiger partial charge on any atom is 0.231 e. The normalized spacial score (nSPS) is 16.1. The Morgan fingerprint density at radius 1 is 1.10 bits per heavy atom. The van der Waals surface area contributed by atoms with Gasteiger partial charge in [-0.25, -0.2) is 0 Å². The summed E-state index contributed by atoms with van der Waals surface area (Å²) in [5.41, 5.74) is 2.15. The van der Waals surface area contributed by atoms with Crippen LogP contribution in [0.3, 0.4) is 0 Å². The van der Waals surface area contributed by atoms with Crippen molar-refractivity contribution in [3.05, 3.63) is 66.2 Å². The summed E-state index contributed by atoms with van der Waals surface area (Å²) in [6.45, 7) is 0.384. The number of aromatic nitrogens is 2. The van der Waals surface area contributed by atoms with E-state index in [1.807, 2.05) is 36.4 Å². The van der Waals surface area contributed by atoms with Gasteiger partial charge in [-0.2, -0.15) is 0 Å². The Kier molecular flexibility index (Phi) is 6.76. The lowest BCUT2D eigenvalue weighted by molar-refractivity contribution is -0.122. The number of para-hydroxylation sites is 1. The Morgan fingerprint density at radius 3 is 2.60 bits per heavy atom. The van der Waals surface area contributed by atoms with Crippen molar-refractivity contribution >= 4 is 45.7 Å². The summed E-state index contributed by atoms with van der Waals surface area (Å²) in [4.78, 5) is 26.6. The molecule has 154 valence electrons. The van der Waals surface area contributed by atoms with E-state index >= 15 is 0 Å². The minimum absolute atomic E-state index is 0.0340. The topological polar surface area (TPSA) is 75.2 Å². The van der Waals surface area contributed by atoms with Crippen molar-refractivity contribution in [1.29, 1.82) is 0 Å². The SMILES string of the molecule is O=C(Nc1nnc(SCCCc2ccccc2)s1)C1CC(=O)N(c2ccccc2)C1. The van der Waals surface area contributed by atoms with Crippen LogP contribution < -0.4 is 10.2 Å². The molecule has 1 atom stereocenters. The fourth-order valence-electron chi connectivity index (χ4n) is 3.35. The molecule has 1 aliphatic rings. The molecule has 1 fully saturated rings. The average Bonchev–Trinajstić information content (AvgIpc) is 3.39. The maximum absolute atomic E-state index is 12.6. The standard InChI is InChI=1S/C22H22N4O2S2/c27-19-14-17(15-26(19)18-11-5-2-6-12-18)20(28)23-21-24-25-22(30-21)29-13-7-10-16-8-3-1-4-9-16/h1-6,8-9,11-12,17H,7,10,13-15H2,(H,23,24,28). The zero-order valence-electron chi connectivity index (χ0n) is 16.4. The highest BCUT2D eigenvalue weighted by Gasteiger charge is 2.35. The highest BCUT2D eigenvalue weighted by molar-refractivity contribution is 8.01. The number of thioether (sulfide) groups is 1. The van der Waals surface area contributed by atoms with E-state index in [1.165, 1.54) is 16.9 Å². The number of carbonyl (C=O) groups is 2. The number of nitrogens with zero attached hydrogens (tertiary/aromatic N) is 3. The first kappa shape index (κ1) is 20.6. The highest BCUT2D eigenvalue weighted by Crippen LogP contribution is 2.29. The fraction of sp³-hybridized carbons (Fsp3) is 0.273. The lowest BCUT2D eigenvalue weighted by Crippen LogP contribution is -2.28. The number of hydrogen-bond donors (Lipinski definition) is 1. The first-order valence-corrected chi connectivity index (χ1v) is 11.7. The van der Waals surface area contributed by atoms with Crippen molar-refractivity contribution in [2.75, 3.05) is 22.5 Å². The number of rotatable bonds is 8. The summed E-state index contributed by atoms with van der Waals surface area (Å²) < 4.78 is 0.840. The predicted octanol–water partition coefficient (Wildman–Crippen LogP) is 4.25. The van der Waals surface area contributed by atoms with Crippen LogP contribution in [0.5, 0.6) is 0 Å². The number of anilines is 2. The van der Waals surface area contributed by atoms with E-state index in [1.54, 1.807) is 16.7 Å². The molecular weight excluding hydrogens is 416 g/mol. The second-order valence-corrected chi connectivity index (χ2v) is 9.36. The maximum atomic E-state index is 12.6. The summed E-state index contributed by atoms with van der Waals surface area (Å²) in [5, 5.41) is 11.5. The van der Waals surface area contributed by atoms with Crippen molar-refractivity contribution in [2.24, 2.45) is 5.92 Å². The van der Waals surface area contributed by atoms with Crippen LogP contribution in [0.25, 0.3) is 0 Å². The van der Waals surface area contributed by atoms with E-state index in [0.717, 1.165) is 28.6 Å². The summed E-state index contributed by atoms with van der Waals surface area (Å²) in [6.07, 6.45) is 2.29. The number of nitrogens with one attached hydrogen (secondary N) is 1. The molecule has 1 unspecified atom stereocenters. The van der Waals surface area contributed by atoms with Gasteiger partial charge in [-0.15, -0.1) is 10.2 Å². The molecule has 1 saturated heterocycles. The predicted molar refractivity (Wildman–Crippen MR) is 121 cm³/mol. The van der Waals surface area contributed by atoms with Gasteiger partial charge in [0.05, 0.1) is 5.92 Å². The average molecular weight is 439 g/mol. The Bertz CT molecular complexity index is 995. The van der Waals surface area contributed by atoms with Crippen molar-refractivity contribution in [3.8, 4) is 0 Å². The summed E-state index contributed by atoms with van der Waals surface area (Å²) >= 11 is 3.02. The summed E-state index contributed by atoms with van der Waals surface area (Å²) in [5.74, 6) is 0.344. The fourth-order valence-corrected chi connectivity index (χ4v) is 5.11. The zero-order valence-corrected chi connectivity index (χ0v) is 18.0. The zero-order chi connectivity index (χ0) is 20.8. The molecule has 6 nitrogen and oxygen atoms in total. The van der Waals surface area contributed by atoms with Gasteiger partial charge in [-0.05, 0) is 30.5 Å². The van der Waals surface area contributed by atoms with Gasteiger partial charge in [0, 0.05) is 24.4 Å². The molecule has 2 amide bonds. The quantitative estimate of drug-likeness (QED) is 0.323. The van der Waals surface area contributed by atoms with Crippen molar-refractivity contribution in [3.63, 3.8) is 0 Å². The van der Waals surface area contributed by atoms with Gasteiger partial charge < -0.3 is 10.2 Å². The lowest BCUT2D eigenvalue weighted by Gasteiger charge is -2.16. The highest BCUT2D eigenvalue weighted by atomic mass is 32.2. The smallest absolute Gasteiger partial charge is 0.231 e. The first-order chi connectivity index (χ1) is 14.7. The second-order valence-electron chi connectivity index (χ2n) is 7.04. The third-order valence-corrected chi connectivity index (χ3v) is 6.94. The summed E-state index contributed by atoms with van der Waals surface area (Å²) in [7, 11) is 0. The summed E-state index contributed by atoms with van der Waals surface area (Å²) in [6, 6.07) is 19.8. The Morgan fingerprint density at radius 2 is 1.83 bits per heavy atom. The van der Waals surface area contributed by atoms with Gasteiger partial charge >= 0.3 is 0 Å². The van der Waals surface area contributed by atoms with Crippen LogP contribution in [0.4, 0.5) is 10.8 Å². The molecular formula is C22H22N4O2S2. The van der Waals surface area contributed by atoms with E-state index in [9.17, 15) is 9.59 Å². The van der Waals surface area contributed by atoms with E-state index in [2.05, 4.69) is 39.8 Å². The van der Waals surface area contributed by atoms with E-state index in [0.29, 0.717) is 11.7 Å². The van der Waals surface area contributed by atoms with E-state index < -0.39 is 0 Å². The molecule has 30 heavy (non-hydrogen) atoms. The molecule has 0 spiro atoms. The number of carbonyl (C=O) groups excluding carboxylic acids is 2. The van der Waals surface area contributed by atoms with Gasteiger partial charge in [0.15, 0.2) is 4.34 Å². The van der Waals surface area contributed by atoms with Crippen LogP contribution >= 0.6 is 23.1 Å². The molecule has 0 radical (unpaired) electrons. The molecule has 2 heterocycles. The van der Waals surface area contributed by atoms with Crippen LogP contribution in [-0.2, 0) is 16.0 Å². The Labute approximate surface area is 183 Å². The molecule has 3 aromatic rings. The number of amides is 2. The van der Waals surface area contributed by atoms with Crippen LogP contribution in [0.1, 0.15) is 18.4 Å². The molecule has 2 aromatic carbocycles. The van der Waals surface area contributed by atoms with Crippen LogP contribution in [0.2, 0.25) is 0 Å². The molecule has 1 aromatic heterocycles. The molecule has 1 N–H and O–H groups in total. The molecule has 4 rings (SSSR count). The van der Waals surface area contributed by atoms with E-state index in [-0.39, 0.29) is 24.2 Å². The monoisotopic (exact) mass is 438 g/mol. The molecule has 0 bridgehead atoms. The largest absolute Gasteiger partial charge is 0.312 e. The van der Waals surface area contributed by atoms with Gasteiger partial charge in [0.1, 0.15) is 0 Å². The second kappa shape index (κ2) is 9.86. The van der Waals surface area contributed by atoms with Crippen molar-refractivity contribution in [1.82, 2.24) is 10.2 Å². The van der Waals surface area contributed by atoms with Crippen LogP contribution in [-0.4, -0.2) is 34.3 Å². The molecule has 0 aliphatic carbocycles. The number of aryl methyl sites for hydroxylation is 1. The number of benzene rings is 2. The van der Waals surface area contributed by atoms with Gasteiger partial charge in [0.2, 0.25) is 16.9 Å². The minimum Gasteiger partial charge on any atom is -0.312 e. The minimum atomic E-state index is -0.386. The number of hydrogen-bond acceptors (Lipinski definition) is 6. The third kappa shape index (κ3) is 5.25. The molecule has 0 saturated carbocycles. The van der Waals surface area contributed by atoms with Gasteiger partial charge in [-0.1, -0.05) is 71.6 Å². The van der Waals surface area contributed by atoms with Crippen molar-refractivity contribution < 1.29 is 9.59 Å².